The highest BCUT2D eigenvalue weighted by Crippen LogP contribution is 2.47. The second-order valence-electron chi connectivity index (χ2n) is 12.5. The lowest BCUT2D eigenvalue weighted by Gasteiger charge is -2.27. The molecule has 2 aliphatic rings. The molecule has 3 heterocycles. The fraction of sp³-hybridized carbons (Fsp3) is 0.333. The summed E-state index contributed by atoms with van der Waals surface area (Å²) in [7, 11) is 0. The molecular weight excluding hydrogens is 626 g/mol. The highest BCUT2D eigenvalue weighted by Gasteiger charge is 2.53. The molecule has 0 aliphatic carbocycles. The van der Waals surface area contributed by atoms with Crippen molar-refractivity contribution in [1.29, 1.82) is 0 Å². The van der Waals surface area contributed by atoms with Gasteiger partial charge in [-0.05, 0) is 55.1 Å². The van der Waals surface area contributed by atoms with Crippen LogP contribution in [0.1, 0.15) is 54.5 Å². The van der Waals surface area contributed by atoms with Gasteiger partial charge in [0.25, 0.3) is 11.6 Å². The zero-order valence-electron chi connectivity index (χ0n) is 27.1. The van der Waals surface area contributed by atoms with Crippen LogP contribution in [0.5, 0.6) is 0 Å². The molecule has 2 aliphatic heterocycles. The van der Waals surface area contributed by atoms with Crippen molar-refractivity contribution in [2.75, 3.05) is 23.4 Å². The summed E-state index contributed by atoms with van der Waals surface area (Å²) in [5.74, 6) is -1.75. The molecule has 1 unspecified atom stereocenters. The van der Waals surface area contributed by atoms with E-state index in [0.717, 1.165) is 24.9 Å². The van der Waals surface area contributed by atoms with Crippen molar-refractivity contribution in [3.63, 3.8) is 0 Å². The number of fused-ring (bicyclic) bond motifs is 1. The minimum atomic E-state index is -2.05. The Morgan fingerprint density at radius 3 is 2.73 bits per heavy atom. The highest BCUT2D eigenvalue weighted by atomic mass is 16.6. The minimum absolute atomic E-state index is 0.0836. The average molecular weight is 666 g/mol. The van der Waals surface area contributed by atoms with Crippen molar-refractivity contribution in [3.8, 4) is 0 Å². The van der Waals surface area contributed by atoms with E-state index >= 15 is 0 Å². The lowest BCUT2D eigenvalue weighted by molar-refractivity contribution is -0.385. The quantitative estimate of drug-likeness (QED) is 0.0934. The molecule has 254 valence electrons. The molecule has 4 aromatic rings. The second kappa shape index (κ2) is 14.5. The molecule has 13 nitrogen and oxygen atoms in total. The van der Waals surface area contributed by atoms with E-state index in [9.17, 15) is 29.9 Å². The number of benzene rings is 3. The molecule has 3 aromatic carbocycles. The maximum atomic E-state index is 14.1. The van der Waals surface area contributed by atoms with E-state index in [1.165, 1.54) is 23.1 Å². The van der Waals surface area contributed by atoms with Crippen molar-refractivity contribution < 1.29 is 24.7 Å². The van der Waals surface area contributed by atoms with Crippen molar-refractivity contribution in [3.05, 3.63) is 124 Å². The van der Waals surface area contributed by atoms with Gasteiger partial charge in [-0.15, -0.1) is 5.10 Å². The van der Waals surface area contributed by atoms with Crippen LogP contribution in [-0.2, 0) is 28.3 Å². The second-order valence-corrected chi connectivity index (χ2v) is 12.5. The number of nitro benzene ring substituents is 1. The van der Waals surface area contributed by atoms with Gasteiger partial charge in [-0.3, -0.25) is 24.4 Å². The number of nitrogens with one attached hydrogen (secondary N) is 2. The molecule has 4 N–H and O–H groups in total. The molecule has 2 amide bonds. The molecule has 4 atom stereocenters. The number of amides is 2. The van der Waals surface area contributed by atoms with Crippen LogP contribution in [-0.4, -0.2) is 61.1 Å². The number of anilines is 2. The number of hydrogen-bond donors (Lipinski definition) is 4. The normalized spacial score (nSPS) is 20.0. The third-order valence-corrected chi connectivity index (χ3v) is 9.28. The van der Waals surface area contributed by atoms with Crippen LogP contribution < -0.4 is 15.5 Å². The van der Waals surface area contributed by atoms with E-state index in [-0.39, 0.29) is 42.3 Å². The number of aryl methyl sites for hydroxylation is 1. The largest absolute Gasteiger partial charge is 0.395 e. The Morgan fingerprint density at radius 2 is 2.00 bits per heavy atom. The lowest BCUT2D eigenvalue weighted by Crippen LogP contribution is -2.44. The van der Waals surface area contributed by atoms with E-state index in [1.54, 1.807) is 42.1 Å². The molecule has 1 aromatic heterocycles. The van der Waals surface area contributed by atoms with E-state index < -0.39 is 22.3 Å². The predicted octanol–water partition coefficient (Wildman–Crippen LogP) is 4.02. The highest BCUT2D eigenvalue weighted by molar-refractivity contribution is 6.07. The van der Waals surface area contributed by atoms with E-state index in [0.29, 0.717) is 35.6 Å². The molecule has 0 radical (unpaired) electrons. The summed E-state index contributed by atoms with van der Waals surface area (Å²) in [6, 6.07) is 20.6. The summed E-state index contributed by atoms with van der Waals surface area (Å²) in [4.78, 5) is 39.3. The molecule has 6 rings (SSSR count). The van der Waals surface area contributed by atoms with Gasteiger partial charge in [0, 0.05) is 42.0 Å². The summed E-state index contributed by atoms with van der Waals surface area (Å²) < 4.78 is 1.67. The van der Waals surface area contributed by atoms with Crippen LogP contribution in [0.2, 0.25) is 0 Å². The standard InChI is InChI=1S/C36H39N7O6/c1-24(9-5-6-18-41-22-32(39-40-41)29(23-44)26-11-3-2-4-12-26)36(47)30-20-28(43(48)49)15-16-33(30)42(35(36)46)21-25-10-7-13-27(19-25)38-34(45)31-14-8-17-37-31/h2-5,7,9-13,15-16,19-20,22,24,29,31,37,44,47H,6,8,14,17-18,21,23H2,1H3,(H,38,45)/b9-5+/t24-,29?,31+,36+/m0/s1. The van der Waals surface area contributed by atoms with Gasteiger partial charge in [-0.1, -0.05) is 66.8 Å². The molecule has 0 saturated carbocycles. The van der Waals surface area contributed by atoms with Crippen molar-refractivity contribution >= 4 is 28.9 Å². The number of aliphatic hydroxyl groups excluding tert-OH is 1. The number of aliphatic hydroxyl groups is 2. The number of aromatic nitrogens is 3. The first-order chi connectivity index (χ1) is 23.7. The van der Waals surface area contributed by atoms with Gasteiger partial charge < -0.3 is 25.7 Å². The van der Waals surface area contributed by atoms with Crippen molar-refractivity contribution in [2.24, 2.45) is 5.92 Å². The zero-order chi connectivity index (χ0) is 34.5. The molecule has 1 fully saturated rings. The van der Waals surface area contributed by atoms with Crippen LogP contribution in [0, 0.1) is 16.0 Å². The van der Waals surface area contributed by atoms with Gasteiger partial charge in [0.05, 0.1) is 41.4 Å². The average Bonchev–Trinajstić information content (AvgIpc) is 3.86. The first kappa shape index (κ1) is 33.7. The Hall–Kier alpha value is -5.24. The van der Waals surface area contributed by atoms with Gasteiger partial charge >= 0.3 is 0 Å². The van der Waals surface area contributed by atoms with Crippen molar-refractivity contribution in [2.45, 2.75) is 56.8 Å². The summed E-state index contributed by atoms with van der Waals surface area (Å²) in [5.41, 5.74) is 1.15. The van der Waals surface area contributed by atoms with Gasteiger partial charge in [0.2, 0.25) is 5.91 Å². The summed E-state index contributed by atoms with van der Waals surface area (Å²) in [6.45, 7) is 2.94. The number of hydrogen-bond acceptors (Lipinski definition) is 9. The molecular formula is C36H39N7O6. The Balaban J connectivity index is 1.17. The molecule has 13 heteroatoms. The maximum absolute atomic E-state index is 14.1. The van der Waals surface area contributed by atoms with Crippen molar-refractivity contribution in [1.82, 2.24) is 20.3 Å². The van der Waals surface area contributed by atoms with E-state index in [2.05, 4.69) is 20.9 Å². The topological polar surface area (TPSA) is 176 Å². The van der Waals surface area contributed by atoms with E-state index in [4.69, 9.17) is 0 Å². The Kier molecular flexibility index (Phi) is 9.95. The number of non-ortho nitro benzene ring substituents is 1. The lowest BCUT2D eigenvalue weighted by atomic mass is 9.82. The van der Waals surface area contributed by atoms with Gasteiger partial charge in [-0.25, -0.2) is 0 Å². The minimum Gasteiger partial charge on any atom is -0.395 e. The SMILES string of the molecule is C[C@@H](/C=C/CCn1cc(C(CO)c2ccccc2)nn1)[C@]1(O)C(=O)N(Cc2cccc(NC(=O)[C@H]3CCCN3)c2)c2ccc([N+](=O)[O-])cc21. The van der Waals surface area contributed by atoms with Crippen LogP contribution >= 0.6 is 0 Å². The van der Waals surface area contributed by atoms with Crippen LogP contribution in [0.4, 0.5) is 17.1 Å². The molecule has 0 spiro atoms. The maximum Gasteiger partial charge on any atom is 0.269 e. The third kappa shape index (κ3) is 7.00. The number of allylic oxidation sites excluding steroid dienone is 1. The monoisotopic (exact) mass is 665 g/mol. The molecule has 1 saturated heterocycles. The zero-order valence-corrected chi connectivity index (χ0v) is 27.1. The Morgan fingerprint density at radius 1 is 1.18 bits per heavy atom. The van der Waals surface area contributed by atoms with Gasteiger partial charge in [-0.2, -0.15) is 0 Å². The number of nitrogens with zero attached hydrogens (tertiary/aromatic N) is 5. The summed E-state index contributed by atoms with van der Waals surface area (Å²) >= 11 is 0. The van der Waals surface area contributed by atoms with Crippen LogP contribution in [0.15, 0.2) is 91.1 Å². The fourth-order valence-corrected chi connectivity index (χ4v) is 6.56. The van der Waals surface area contributed by atoms with Gasteiger partial charge in [0.1, 0.15) is 0 Å². The third-order valence-electron chi connectivity index (χ3n) is 9.28. The predicted molar refractivity (Wildman–Crippen MR) is 183 cm³/mol. The Labute approximate surface area is 283 Å². The number of carbonyl (C=O) groups is 2. The Bertz CT molecular complexity index is 1860. The first-order valence-electron chi connectivity index (χ1n) is 16.4. The first-order valence-corrected chi connectivity index (χ1v) is 16.4. The molecule has 0 bridgehead atoms. The fourth-order valence-electron chi connectivity index (χ4n) is 6.56. The number of carbonyl (C=O) groups excluding carboxylic acids is 2. The molecule has 49 heavy (non-hydrogen) atoms. The summed E-state index contributed by atoms with van der Waals surface area (Å²) in [5, 5.41) is 48.3. The number of rotatable bonds is 13. The summed E-state index contributed by atoms with van der Waals surface area (Å²) in [6.07, 6.45) is 7.57. The van der Waals surface area contributed by atoms with E-state index in [1.807, 2.05) is 42.5 Å². The number of nitro groups is 1. The van der Waals surface area contributed by atoms with Crippen LogP contribution in [0.25, 0.3) is 0 Å². The van der Waals surface area contributed by atoms with Gasteiger partial charge in [0.15, 0.2) is 5.60 Å². The smallest absolute Gasteiger partial charge is 0.269 e. The van der Waals surface area contributed by atoms with Crippen LogP contribution in [0.3, 0.4) is 0 Å².